The van der Waals surface area contributed by atoms with Gasteiger partial charge in [-0.2, -0.15) is 0 Å². The molecule has 0 unspecified atom stereocenters. The molecule has 8 heteroatoms. The SMILES string of the molecule is Cc1ccc(C(=NN=C(c2ccc([N+](=O)[O-])cc2)c2ccc([N+](=O)[O-])cc2)c2ccc(C)cc2)cc1. The van der Waals surface area contributed by atoms with E-state index in [1.807, 2.05) is 62.4 Å². The van der Waals surface area contributed by atoms with E-state index in [0.29, 0.717) is 22.6 Å². The molecule has 36 heavy (non-hydrogen) atoms. The van der Waals surface area contributed by atoms with Gasteiger partial charge >= 0.3 is 0 Å². The highest BCUT2D eigenvalue weighted by Gasteiger charge is 2.14. The number of benzene rings is 4. The van der Waals surface area contributed by atoms with Gasteiger partial charge in [-0.25, -0.2) is 0 Å². The Morgan fingerprint density at radius 3 is 1.00 bits per heavy atom. The Morgan fingerprint density at radius 1 is 0.500 bits per heavy atom. The van der Waals surface area contributed by atoms with Crippen molar-refractivity contribution in [1.82, 2.24) is 0 Å². The Labute approximate surface area is 207 Å². The highest BCUT2D eigenvalue weighted by atomic mass is 16.6. The minimum atomic E-state index is -0.475. The van der Waals surface area contributed by atoms with Crippen molar-refractivity contribution in [2.75, 3.05) is 0 Å². The average molecular weight is 479 g/mol. The summed E-state index contributed by atoms with van der Waals surface area (Å²) < 4.78 is 0. The lowest BCUT2D eigenvalue weighted by Crippen LogP contribution is -2.07. The minimum absolute atomic E-state index is 0.0506. The standard InChI is InChI=1S/C28H22N4O4/c1-19-3-7-21(8-4-19)27(22-9-5-20(2)6-10-22)29-30-28(23-11-15-25(16-12-23)31(33)34)24-13-17-26(18-14-24)32(35)36/h3-18H,1-2H3. The number of hydrogen-bond acceptors (Lipinski definition) is 6. The van der Waals surface area contributed by atoms with Crippen molar-refractivity contribution in [3.05, 3.63) is 151 Å². The van der Waals surface area contributed by atoms with Crippen LogP contribution in [0.1, 0.15) is 33.4 Å². The molecule has 0 atom stereocenters. The summed E-state index contributed by atoms with van der Waals surface area (Å²) in [6.07, 6.45) is 0. The van der Waals surface area contributed by atoms with Crippen LogP contribution in [0.5, 0.6) is 0 Å². The zero-order valence-electron chi connectivity index (χ0n) is 19.7. The van der Waals surface area contributed by atoms with Gasteiger partial charge in [0.2, 0.25) is 0 Å². The molecule has 178 valence electrons. The van der Waals surface area contributed by atoms with Gasteiger partial charge in [0.05, 0.1) is 9.85 Å². The number of non-ortho nitro benzene ring substituents is 2. The Bertz CT molecular complexity index is 1350. The quantitative estimate of drug-likeness (QED) is 0.174. The van der Waals surface area contributed by atoms with Crippen LogP contribution in [0.3, 0.4) is 0 Å². The van der Waals surface area contributed by atoms with Gasteiger partial charge in [-0.15, -0.1) is 10.2 Å². The smallest absolute Gasteiger partial charge is 0.258 e. The third-order valence-electron chi connectivity index (χ3n) is 5.60. The molecular formula is C28H22N4O4. The number of hydrogen-bond donors (Lipinski definition) is 0. The highest BCUT2D eigenvalue weighted by molar-refractivity contribution is 6.15. The molecule has 4 aromatic rings. The van der Waals surface area contributed by atoms with E-state index in [9.17, 15) is 20.2 Å². The first-order chi connectivity index (χ1) is 17.3. The summed E-state index contributed by atoms with van der Waals surface area (Å²) in [6, 6.07) is 27.8. The van der Waals surface area contributed by atoms with Crippen molar-refractivity contribution in [1.29, 1.82) is 0 Å². The van der Waals surface area contributed by atoms with E-state index in [1.54, 1.807) is 24.3 Å². The van der Waals surface area contributed by atoms with Gasteiger partial charge in [0.15, 0.2) is 0 Å². The van der Waals surface area contributed by atoms with Crippen LogP contribution in [0.4, 0.5) is 11.4 Å². The van der Waals surface area contributed by atoms with Crippen molar-refractivity contribution in [3.8, 4) is 0 Å². The van der Waals surface area contributed by atoms with Crippen molar-refractivity contribution in [2.24, 2.45) is 10.2 Å². The van der Waals surface area contributed by atoms with E-state index < -0.39 is 9.85 Å². The lowest BCUT2D eigenvalue weighted by molar-refractivity contribution is -0.385. The lowest BCUT2D eigenvalue weighted by Gasteiger charge is -2.09. The molecule has 0 heterocycles. The summed E-state index contributed by atoms with van der Waals surface area (Å²) in [5.74, 6) is 0. The number of nitrogens with zero attached hydrogens (tertiary/aromatic N) is 4. The van der Waals surface area contributed by atoms with Crippen LogP contribution in [-0.4, -0.2) is 21.3 Å². The molecule has 0 saturated carbocycles. The van der Waals surface area contributed by atoms with E-state index in [0.717, 1.165) is 22.3 Å². The number of rotatable bonds is 7. The molecule has 0 spiro atoms. The Morgan fingerprint density at radius 2 is 0.750 bits per heavy atom. The molecule has 0 aliphatic rings. The van der Waals surface area contributed by atoms with Crippen molar-refractivity contribution in [3.63, 3.8) is 0 Å². The molecule has 0 aliphatic carbocycles. The van der Waals surface area contributed by atoms with Crippen LogP contribution < -0.4 is 0 Å². The van der Waals surface area contributed by atoms with Crippen LogP contribution in [-0.2, 0) is 0 Å². The minimum Gasteiger partial charge on any atom is -0.258 e. The Balaban J connectivity index is 1.88. The van der Waals surface area contributed by atoms with Crippen molar-refractivity contribution in [2.45, 2.75) is 13.8 Å². The van der Waals surface area contributed by atoms with Gasteiger partial charge in [0.25, 0.3) is 11.4 Å². The summed E-state index contributed by atoms with van der Waals surface area (Å²) >= 11 is 0. The first kappa shape index (κ1) is 24.2. The van der Waals surface area contributed by atoms with Gasteiger partial charge in [0, 0.05) is 46.5 Å². The second-order valence-electron chi connectivity index (χ2n) is 8.24. The first-order valence-electron chi connectivity index (χ1n) is 11.1. The predicted octanol–water partition coefficient (Wildman–Crippen LogP) is 6.41. The Hall–Kier alpha value is -4.98. The normalized spacial score (nSPS) is 10.4. The highest BCUT2D eigenvalue weighted by Crippen LogP contribution is 2.20. The number of nitro benzene ring substituents is 2. The summed E-state index contributed by atoms with van der Waals surface area (Å²) in [5.41, 5.74) is 6.13. The van der Waals surface area contributed by atoms with Gasteiger partial charge in [-0.05, 0) is 38.1 Å². The van der Waals surface area contributed by atoms with Gasteiger partial charge < -0.3 is 0 Å². The maximum Gasteiger partial charge on any atom is 0.269 e. The molecule has 4 aromatic carbocycles. The van der Waals surface area contributed by atoms with E-state index in [1.165, 1.54) is 24.3 Å². The van der Waals surface area contributed by atoms with Crippen molar-refractivity contribution >= 4 is 22.8 Å². The fourth-order valence-corrected chi connectivity index (χ4v) is 3.57. The second kappa shape index (κ2) is 10.5. The second-order valence-corrected chi connectivity index (χ2v) is 8.24. The molecule has 0 bridgehead atoms. The molecule has 4 rings (SSSR count). The lowest BCUT2D eigenvalue weighted by atomic mass is 10.0. The van der Waals surface area contributed by atoms with Crippen LogP contribution in [0.15, 0.2) is 107 Å². The topological polar surface area (TPSA) is 111 Å². The van der Waals surface area contributed by atoms with Crippen LogP contribution in [0.25, 0.3) is 0 Å². The molecule has 8 nitrogen and oxygen atoms in total. The van der Waals surface area contributed by atoms with Crippen LogP contribution >= 0.6 is 0 Å². The summed E-state index contributed by atoms with van der Waals surface area (Å²) in [6.45, 7) is 4.01. The van der Waals surface area contributed by atoms with Crippen LogP contribution in [0, 0.1) is 34.1 Å². The molecule has 0 N–H and O–H groups in total. The zero-order chi connectivity index (χ0) is 25.7. The molecule has 0 aromatic heterocycles. The van der Waals surface area contributed by atoms with Gasteiger partial charge in [0.1, 0.15) is 11.4 Å². The third-order valence-corrected chi connectivity index (χ3v) is 5.60. The monoisotopic (exact) mass is 478 g/mol. The third kappa shape index (κ3) is 5.56. The largest absolute Gasteiger partial charge is 0.269 e. The molecule has 0 aliphatic heterocycles. The fraction of sp³-hybridized carbons (Fsp3) is 0.0714. The zero-order valence-corrected chi connectivity index (χ0v) is 19.7. The summed E-state index contributed by atoms with van der Waals surface area (Å²) in [5, 5.41) is 31.4. The van der Waals surface area contributed by atoms with E-state index in [-0.39, 0.29) is 11.4 Å². The number of aryl methyl sites for hydroxylation is 2. The Kier molecular flexibility index (Phi) is 7.06. The van der Waals surface area contributed by atoms with E-state index in [2.05, 4.69) is 10.2 Å². The van der Waals surface area contributed by atoms with E-state index in [4.69, 9.17) is 0 Å². The summed E-state index contributed by atoms with van der Waals surface area (Å²) in [4.78, 5) is 21.3. The maximum atomic E-state index is 11.1. The predicted molar refractivity (Wildman–Crippen MR) is 140 cm³/mol. The molecular weight excluding hydrogens is 456 g/mol. The summed E-state index contributed by atoms with van der Waals surface area (Å²) in [7, 11) is 0. The maximum absolute atomic E-state index is 11.1. The average Bonchev–Trinajstić information content (AvgIpc) is 2.88. The molecule has 0 radical (unpaired) electrons. The molecule has 0 saturated heterocycles. The van der Waals surface area contributed by atoms with Gasteiger partial charge in [-0.1, -0.05) is 59.7 Å². The van der Waals surface area contributed by atoms with E-state index >= 15 is 0 Å². The number of nitro groups is 2. The first-order valence-corrected chi connectivity index (χ1v) is 11.1. The molecule has 0 fully saturated rings. The van der Waals surface area contributed by atoms with Gasteiger partial charge in [-0.3, -0.25) is 20.2 Å². The fourth-order valence-electron chi connectivity index (χ4n) is 3.57. The van der Waals surface area contributed by atoms with Crippen LogP contribution in [0.2, 0.25) is 0 Å². The van der Waals surface area contributed by atoms with Crippen molar-refractivity contribution < 1.29 is 9.85 Å². The molecule has 0 amide bonds.